The predicted molar refractivity (Wildman–Crippen MR) is 67.5 cm³/mol. The minimum absolute atomic E-state index is 0.0173. The molecule has 0 bridgehead atoms. The average Bonchev–Trinajstić information content (AvgIpc) is 2.12. The number of rotatable bonds is 2. The molecule has 1 rings (SSSR count). The van der Waals surface area contributed by atoms with Gasteiger partial charge in [-0.15, -0.1) is 0 Å². The summed E-state index contributed by atoms with van der Waals surface area (Å²) in [4.78, 5) is 4.40. The highest BCUT2D eigenvalue weighted by Gasteiger charge is 2.19. The monoisotopic (exact) mass is 227 g/mol. The quantitative estimate of drug-likeness (QED) is 0.555. The summed E-state index contributed by atoms with van der Waals surface area (Å²) in [6, 6.07) is 0. The van der Waals surface area contributed by atoms with E-state index in [0.717, 1.165) is 26.0 Å². The van der Waals surface area contributed by atoms with Crippen molar-refractivity contribution in [1.82, 2.24) is 5.32 Å². The zero-order valence-corrected chi connectivity index (χ0v) is 10.9. The van der Waals surface area contributed by atoms with Gasteiger partial charge in [0.25, 0.3) is 0 Å². The Balaban J connectivity index is 2.34. The fraction of sp³-hybridized carbons (Fsp3) is 0.917. The standard InChI is InChI=1S/C12H25N3O/c1-9-7-10(5-6-16-9)8-14-11(13)15-12(2,3)4/h9-10H,5-8H2,1-4H3,(H3,13,14,15). The summed E-state index contributed by atoms with van der Waals surface area (Å²) in [6.45, 7) is 10.0. The van der Waals surface area contributed by atoms with Crippen molar-refractivity contribution in [2.24, 2.45) is 16.6 Å². The number of nitrogens with one attached hydrogen (secondary N) is 1. The van der Waals surface area contributed by atoms with E-state index < -0.39 is 0 Å². The molecule has 3 N–H and O–H groups in total. The van der Waals surface area contributed by atoms with Crippen LogP contribution in [0.2, 0.25) is 0 Å². The Labute approximate surface area is 98.6 Å². The Morgan fingerprint density at radius 3 is 2.75 bits per heavy atom. The molecule has 2 unspecified atom stereocenters. The van der Waals surface area contributed by atoms with E-state index in [0.29, 0.717) is 18.0 Å². The van der Waals surface area contributed by atoms with Gasteiger partial charge in [-0.25, -0.2) is 0 Å². The lowest BCUT2D eigenvalue weighted by Crippen LogP contribution is -2.45. The van der Waals surface area contributed by atoms with Gasteiger partial charge in [-0.3, -0.25) is 4.99 Å². The number of aliphatic imine (C=N–C) groups is 1. The molecular formula is C12H25N3O. The largest absolute Gasteiger partial charge is 0.378 e. The molecule has 0 spiro atoms. The van der Waals surface area contributed by atoms with E-state index >= 15 is 0 Å². The molecule has 0 saturated carbocycles. The van der Waals surface area contributed by atoms with Gasteiger partial charge >= 0.3 is 0 Å². The lowest BCUT2D eigenvalue weighted by Gasteiger charge is -2.26. The van der Waals surface area contributed by atoms with Gasteiger partial charge in [0.2, 0.25) is 0 Å². The molecule has 0 aromatic carbocycles. The first-order valence-electron chi connectivity index (χ1n) is 6.06. The molecule has 0 aromatic heterocycles. The molecule has 4 nitrogen and oxygen atoms in total. The van der Waals surface area contributed by atoms with Gasteiger partial charge in [0.05, 0.1) is 6.10 Å². The van der Waals surface area contributed by atoms with E-state index in [4.69, 9.17) is 10.5 Å². The molecule has 0 aliphatic carbocycles. The lowest BCUT2D eigenvalue weighted by atomic mass is 9.96. The maximum Gasteiger partial charge on any atom is 0.188 e. The maximum absolute atomic E-state index is 5.82. The van der Waals surface area contributed by atoms with Gasteiger partial charge in [0, 0.05) is 18.7 Å². The highest BCUT2D eigenvalue weighted by atomic mass is 16.5. The number of ether oxygens (including phenoxy) is 1. The summed E-state index contributed by atoms with van der Waals surface area (Å²) in [6.07, 6.45) is 2.55. The first-order valence-corrected chi connectivity index (χ1v) is 6.06. The van der Waals surface area contributed by atoms with Crippen molar-refractivity contribution in [3.05, 3.63) is 0 Å². The van der Waals surface area contributed by atoms with Gasteiger partial charge in [0.15, 0.2) is 5.96 Å². The van der Waals surface area contributed by atoms with Crippen molar-refractivity contribution in [2.75, 3.05) is 13.2 Å². The molecule has 0 aromatic rings. The number of hydrogen-bond acceptors (Lipinski definition) is 2. The predicted octanol–water partition coefficient (Wildman–Crippen LogP) is 1.50. The van der Waals surface area contributed by atoms with Crippen LogP contribution in [0.1, 0.15) is 40.5 Å². The van der Waals surface area contributed by atoms with Crippen molar-refractivity contribution in [1.29, 1.82) is 0 Å². The van der Waals surface area contributed by atoms with Crippen LogP contribution < -0.4 is 11.1 Å². The lowest BCUT2D eigenvalue weighted by molar-refractivity contribution is 0.00480. The van der Waals surface area contributed by atoms with Crippen molar-refractivity contribution in [3.8, 4) is 0 Å². The van der Waals surface area contributed by atoms with Gasteiger partial charge in [-0.2, -0.15) is 0 Å². The van der Waals surface area contributed by atoms with Crippen LogP contribution in [0.25, 0.3) is 0 Å². The molecular weight excluding hydrogens is 202 g/mol. The van der Waals surface area contributed by atoms with Crippen molar-refractivity contribution in [2.45, 2.75) is 52.2 Å². The third kappa shape index (κ3) is 5.35. The molecule has 1 aliphatic rings. The summed E-state index contributed by atoms with van der Waals surface area (Å²) >= 11 is 0. The van der Waals surface area contributed by atoms with E-state index in [2.05, 4.69) is 38.0 Å². The molecule has 0 radical (unpaired) electrons. The second kappa shape index (κ2) is 5.53. The highest BCUT2D eigenvalue weighted by molar-refractivity contribution is 5.78. The zero-order valence-electron chi connectivity index (χ0n) is 10.9. The third-order valence-corrected chi connectivity index (χ3v) is 2.62. The average molecular weight is 227 g/mol. The van der Waals surface area contributed by atoms with Crippen molar-refractivity contribution < 1.29 is 4.74 Å². The molecule has 2 atom stereocenters. The fourth-order valence-electron chi connectivity index (χ4n) is 1.91. The number of hydrogen-bond donors (Lipinski definition) is 2. The van der Waals surface area contributed by atoms with E-state index in [9.17, 15) is 0 Å². The van der Waals surface area contributed by atoms with Crippen LogP contribution in [0, 0.1) is 5.92 Å². The SMILES string of the molecule is CC1CC(CN=C(N)NC(C)(C)C)CCO1. The first kappa shape index (κ1) is 13.3. The van der Waals surface area contributed by atoms with Gasteiger partial charge < -0.3 is 15.8 Å². The van der Waals surface area contributed by atoms with Crippen molar-refractivity contribution >= 4 is 5.96 Å². The smallest absolute Gasteiger partial charge is 0.188 e. The van der Waals surface area contributed by atoms with Crippen LogP contribution in [-0.2, 0) is 4.74 Å². The third-order valence-electron chi connectivity index (χ3n) is 2.62. The molecule has 0 amide bonds. The molecule has 16 heavy (non-hydrogen) atoms. The van der Waals surface area contributed by atoms with Crippen LogP contribution in [0.4, 0.5) is 0 Å². The Kier molecular flexibility index (Phi) is 4.59. The number of nitrogens with zero attached hydrogens (tertiary/aromatic N) is 1. The van der Waals surface area contributed by atoms with E-state index in [1.54, 1.807) is 0 Å². The number of guanidine groups is 1. The first-order chi connectivity index (χ1) is 7.37. The van der Waals surface area contributed by atoms with E-state index in [1.807, 2.05) is 0 Å². The summed E-state index contributed by atoms with van der Waals surface area (Å²) in [5.74, 6) is 1.16. The molecule has 1 heterocycles. The molecule has 1 saturated heterocycles. The number of nitrogens with two attached hydrogens (primary N) is 1. The molecule has 4 heteroatoms. The maximum atomic E-state index is 5.82. The Bertz CT molecular complexity index is 245. The topological polar surface area (TPSA) is 59.6 Å². The van der Waals surface area contributed by atoms with Crippen LogP contribution >= 0.6 is 0 Å². The zero-order chi connectivity index (χ0) is 12.2. The second-order valence-corrected chi connectivity index (χ2v) is 5.67. The van der Waals surface area contributed by atoms with Crippen LogP contribution in [0.3, 0.4) is 0 Å². The summed E-state index contributed by atoms with van der Waals surface area (Å²) < 4.78 is 5.50. The minimum Gasteiger partial charge on any atom is -0.378 e. The van der Waals surface area contributed by atoms with Crippen LogP contribution in [0.15, 0.2) is 4.99 Å². The minimum atomic E-state index is -0.0173. The molecule has 1 fully saturated rings. The van der Waals surface area contributed by atoms with E-state index in [-0.39, 0.29) is 5.54 Å². The highest BCUT2D eigenvalue weighted by Crippen LogP contribution is 2.19. The summed E-state index contributed by atoms with van der Waals surface area (Å²) in [5.41, 5.74) is 5.80. The summed E-state index contributed by atoms with van der Waals surface area (Å²) in [7, 11) is 0. The second-order valence-electron chi connectivity index (χ2n) is 5.67. The van der Waals surface area contributed by atoms with Crippen LogP contribution in [-0.4, -0.2) is 30.8 Å². The Morgan fingerprint density at radius 1 is 1.50 bits per heavy atom. The molecule has 94 valence electrons. The van der Waals surface area contributed by atoms with E-state index in [1.165, 1.54) is 0 Å². The van der Waals surface area contributed by atoms with Crippen molar-refractivity contribution in [3.63, 3.8) is 0 Å². The molecule has 1 aliphatic heterocycles. The summed E-state index contributed by atoms with van der Waals surface area (Å²) in [5, 5.41) is 3.17. The van der Waals surface area contributed by atoms with Gasteiger partial charge in [-0.05, 0) is 46.5 Å². The van der Waals surface area contributed by atoms with Gasteiger partial charge in [0.1, 0.15) is 0 Å². The Hall–Kier alpha value is -0.770. The Morgan fingerprint density at radius 2 is 2.19 bits per heavy atom. The van der Waals surface area contributed by atoms with Gasteiger partial charge in [-0.1, -0.05) is 0 Å². The normalized spacial score (nSPS) is 27.9. The fourth-order valence-corrected chi connectivity index (χ4v) is 1.91. The van der Waals surface area contributed by atoms with Crippen LogP contribution in [0.5, 0.6) is 0 Å².